The first-order chi connectivity index (χ1) is 34.3. The van der Waals surface area contributed by atoms with Crippen molar-refractivity contribution in [3.05, 3.63) is 175 Å². The summed E-state index contributed by atoms with van der Waals surface area (Å²) >= 11 is 0. The Hall–Kier alpha value is -7.36. The van der Waals surface area contributed by atoms with E-state index in [0.29, 0.717) is 11.8 Å². The fourth-order valence-electron chi connectivity index (χ4n) is 15.3. The Balaban J connectivity index is 1.08. The lowest BCUT2D eigenvalue weighted by molar-refractivity contribution is 0.444. The molecule has 2 aliphatic carbocycles. The maximum Gasteiger partial charge on any atom is 0.252 e. The zero-order chi connectivity index (χ0) is 44.6. The summed E-state index contributed by atoms with van der Waals surface area (Å²) in [6.45, 7) is 0.106. The fraction of sp³-hybridized carbons (Fsp3) is 0.182. The first-order valence-corrected chi connectivity index (χ1v) is 26.1. The quantitative estimate of drug-likeness (QED) is 0.121. The zero-order valence-corrected chi connectivity index (χ0v) is 38.8. The minimum Gasteiger partial charge on any atom is -0.310 e. The molecule has 13 aromatic rings. The van der Waals surface area contributed by atoms with E-state index < -0.39 is 0 Å². The number of hydrogen-bond acceptors (Lipinski definition) is 0. The predicted octanol–water partition coefficient (Wildman–Crippen LogP) is 16.0. The molecule has 0 amide bonds. The average Bonchev–Trinajstić information content (AvgIpc) is 3.95. The second-order valence-corrected chi connectivity index (χ2v) is 21.4. The van der Waals surface area contributed by atoms with E-state index in [1.165, 1.54) is 200 Å². The maximum absolute atomic E-state index is 2.76. The van der Waals surface area contributed by atoms with E-state index in [4.69, 9.17) is 0 Å². The van der Waals surface area contributed by atoms with Gasteiger partial charge >= 0.3 is 0 Å². The van der Waals surface area contributed by atoms with Crippen LogP contribution in [0.1, 0.15) is 87.2 Å². The molecule has 4 heterocycles. The van der Waals surface area contributed by atoms with Crippen LogP contribution in [0.3, 0.4) is 0 Å². The predicted molar refractivity (Wildman–Crippen MR) is 296 cm³/mol. The van der Waals surface area contributed by atoms with Crippen LogP contribution in [0.4, 0.5) is 0 Å². The van der Waals surface area contributed by atoms with Crippen LogP contribution in [0.2, 0.25) is 0 Å². The second-order valence-electron chi connectivity index (χ2n) is 21.4. The van der Waals surface area contributed by atoms with Crippen molar-refractivity contribution in [2.45, 2.75) is 76.0 Å². The fourth-order valence-corrected chi connectivity index (χ4v) is 15.3. The molecule has 4 aliphatic rings. The number of benzene rings is 11. The van der Waals surface area contributed by atoms with Gasteiger partial charge in [0.05, 0.1) is 11.0 Å². The molecule has 0 atom stereocenters. The van der Waals surface area contributed by atoms with Crippen molar-refractivity contribution in [2.75, 3.05) is 0 Å². The summed E-state index contributed by atoms with van der Waals surface area (Å²) in [6, 6.07) is 64.6. The molecule has 0 saturated heterocycles. The van der Waals surface area contributed by atoms with Crippen molar-refractivity contribution in [3.63, 3.8) is 0 Å². The number of hydrogen-bond donors (Lipinski definition) is 0. The lowest BCUT2D eigenvalue weighted by Gasteiger charge is -2.35. The van der Waals surface area contributed by atoms with E-state index in [9.17, 15) is 0 Å². The van der Waals surface area contributed by atoms with E-state index in [1.54, 1.807) is 11.1 Å². The summed E-state index contributed by atoms with van der Waals surface area (Å²) in [5.41, 5.74) is 15.7. The van der Waals surface area contributed by atoms with Crippen molar-refractivity contribution in [3.8, 4) is 11.4 Å². The van der Waals surface area contributed by atoms with Crippen LogP contribution in [-0.4, -0.2) is 15.8 Å². The van der Waals surface area contributed by atoms with Gasteiger partial charge in [0.2, 0.25) is 0 Å². The number of fused-ring (bicyclic) bond motifs is 24. The summed E-state index contributed by atoms with van der Waals surface area (Å²) in [5, 5.41) is 21.8. The summed E-state index contributed by atoms with van der Waals surface area (Å²) in [5.74, 6) is 1.15. The van der Waals surface area contributed by atoms with Gasteiger partial charge in [-0.3, -0.25) is 0 Å². The van der Waals surface area contributed by atoms with Gasteiger partial charge in [0.15, 0.2) is 0 Å². The Labute approximate surface area is 400 Å². The number of aromatic nitrogens is 2. The Morgan fingerprint density at radius 3 is 1.33 bits per heavy atom. The van der Waals surface area contributed by atoms with Crippen molar-refractivity contribution >= 4 is 131 Å². The maximum atomic E-state index is 2.76. The average molecular weight is 881 g/mol. The molecule has 11 aromatic carbocycles. The third kappa shape index (κ3) is 4.79. The molecule has 2 aromatic heterocycles. The third-order valence-corrected chi connectivity index (χ3v) is 18.2. The van der Waals surface area contributed by atoms with E-state index in [0.717, 1.165) is 0 Å². The van der Waals surface area contributed by atoms with E-state index in [2.05, 4.69) is 173 Å². The molecule has 2 fully saturated rings. The number of nitrogens with zero attached hydrogens (tertiary/aromatic N) is 2. The van der Waals surface area contributed by atoms with Crippen molar-refractivity contribution in [2.24, 2.45) is 0 Å². The molecule has 0 bridgehead atoms. The smallest absolute Gasteiger partial charge is 0.252 e. The lowest BCUT2D eigenvalue weighted by atomic mass is 9.34. The molecule has 17 rings (SSSR count). The summed E-state index contributed by atoms with van der Waals surface area (Å²) in [7, 11) is 0. The summed E-state index contributed by atoms with van der Waals surface area (Å²) < 4.78 is 5.49. The molecule has 0 radical (unpaired) electrons. The Morgan fingerprint density at radius 2 is 0.754 bits per heavy atom. The monoisotopic (exact) mass is 880 g/mol. The van der Waals surface area contributed by atoms with Gasteiger partial charge in [0.25, 0.3) is 6.71 Å². The van der Waals surface area contributed by atoms with Crippen LogP contribution in [0.5, 0.6) is 0 Å². The molecule has 2 saturated carbocycles. The van der Waals surface area contributed by atoms with Crippen molar-refractivity contribution < 1.29 is 0 Å². The summed E-state index contributed by atoms with van der Waals surface area (Å²) in [4.78, 5) is 0. The number of rotatable bonds is 2. The molecule has 2 nitrogen and oxygen atoms in total. The van der Waals surface area contributed by atoms with Crippen molar-refractivity contribution in [1.29, 1.82) is 0 Å². The minimum absolute atomic E-state index is 0.106. The van der Waals surface area contributed by atoms with E-state index in [1.807, 2.05) is 0 Å². The van der Waals surface area contributed by atoms with Gasteiger partial charge in [-0.2, -0.15) is 0 Å². The van der Waals surface area contributed by atoms with Gasteiger partial charge in [0.1, 0.15) is 0 Å². The summed E-state index contributed by atoms with van der Waals surface area (Å²) in [6.07, 6.45) is 13.1. The van der Waals surface area contributed by atoms with Gasteiger partial charge in [-0.05, 0) is 149 Å². The largest absolute Gasteiger partial charge is 0.310 e. The highest BCUT2D eigenvalue weighted by atomic mass is 15.0. The highest BCUT2D eigenvalue weighted by Crippen LogP contribution is 2.49. The van der Waals surface area contributed by atoms with Crippen molar-refractivity contribution in [1.82, 2.24) is 9.13 Å². The van der Waals surface area contributed by atoms with Crippen LogP contribution in [0.15, 0.2) is 164 Å². The highest BCUT2D eigenvalue weighted by Gasteiger charge is 2.42. The lowest BCUT2D eigenvalue weighted by Crippen LogP contribution is -2.59. The molecule has 69 heavy (non-hydrogen) atoms. The van der Waals surface area contributed by atoms with E-state index in [-0.39, 0.29) is 6.71 Å². The van der Waals surface area contributed by atoms with Gasteiger partial charge in [-0.1, -0.05) is 172 Å². The second kappa shape index (κ2) is 13.7. The molecule has 326 valence electrons. The third-order valence-electron chi connectivity index (χ3n) is 18.2. The van der Waals surface area contributed by atoms with Crippen LogP contribution in [0, 0.1) is 0 Å². The van der Waals surface area contributed by atoms with Crippen LogP contribution in [0.25, 0.3) is 120 Å². The Morgan fingerprint density at radius 1 is 0.319 bits per heavy atom. The van der Waals surface area contributed by atoms with Crippen LogP contribution in [-0.2, 0) is 0 Å². The normalized spacial score (nSPS) is 16.3. The van der Waals surface area contributed by atoms with Gasteiger partial charge < -0.3 is 9.13 Å². The highest BCUT2D eigenvalue weighted by molar-refractivity contribution is 7.00. The van der Waals surface area contributed by atoms with E-state index >= 15 is 0 Å². The molecule has 0 unspecified atom stereocenters. The topological polar surface area (TPSA) is 9.86 Å². The Bertz CT molecular complexity index is 4370. The standard InChI is InChI=1S/C66H49BN2/c1-3-16-38(17-4-1)40-34-53-52-31-30-51-47-25-10-8-21-43(47)45-23-12-14-27-49(45)61(51)66(52)69-59-29-15-28-58-63(59)67(55(36-40)64(53)69)56-37-41(39-18-5-2-6-19-39)35-54-62-57(68(58)65(54)56)33-32-50-46-24-9-7-20-42(46)44-22-11-13-26-48(44)60(50)62/h7-15,20-39H,1-6,16-19H2. The van der Waals surface area contributed by atoms with Gasteiger partial charge in [-0.25, -0.2) is 0 Å². The Kier molecular flexibility index (Phi) is 7.45. The van der Waals surface area contributed by atoms with Crippen LogP contribution >= 0.6 is 0 Å². The van der Waals surface area contributed by atoms with Gasteiger partial charge in [-0.15, -0.1) is 0 Å². The molecule has 0 N–H and O–H groups in total. The molecular weight excluding hydrogens is 832 g/mol. The van der Waals surface area contributed by atoms with Gasteiger partial charge in [0, 0.05) is 54.7 Å². The first-order valence-electron chi connectivity index (χ1n) is 26.1. The molecule has 3 heteroatoms. The molecule has 0 spiro atoms. The zero-order valence-electron chi connectivity index (χ0n) is 38.8. The first kappa shape index (κ1) is 37.6. The minimum atomic E-state index is 0.106. The molecule has 2 aliphatic heterocycles. The SMILES string of the molecule is c1cc2c3c(c1)-n1c4c(cc(C5CCCCC5)cc4c4ccc5c6ccccc6c6ccccc6c5c41)B3c1cc(C3CCCCC3)cc3c4c5c6ccccc6c6ccccc6c5ccc4n-2c13. The molecular formula is C66H49BN2. The van der Waals surface area contributed by atoms with Crippen LogP contribution < -0.4 is 16.4 Å².